The van der Waals surface area contributed by atoms with Gasteiger partial charge in [-0.2, -0.15) is 0 Å². The average molecular weight is 341 g/mol. The lowest BCUT2D eigenvalue weighted by atomic mass is 9.90. The Morgan fingerprint density at radius 3 is 2.36 bits per heavy atom. The van der Waals surface area contributed by atoms with Gasteiger partial charge in [0.2, 0.25) is 0 Å². The highest BCUT2D eigenvalue weighted by Crippen LogP contribution is 2.23. The topological polar surface area (TPSA) is 23.5 Å². The van der Waals surface area contributed by atoms with E-state index in [1.165, 1.54) is 37.0 Å². The molecular formula is C22H28FNO. The van der Waals surface area contributed by atoms with Crippen molar-refractivity contribution in [3.05, 3.63) is 71.5 Å². The first-order valence-corrected chi connectivity index (χ1v) is 9.40. The Hall–Kier alpha value is -1.71. The van der Waals surface area contributed by atoms with Crippen molar-refractivity contribution in [1.82, 2.24) is 4.90 Å². The molecule has 25 heavy (non-hydrogen) atoms. The number of hydrogen-bond donors (Lipinski definition) is 1. The van der Waals surface area contributed by atoms with E-state index in [2.05, 4.69) is 35.2 Å². The van der Waals surface area contributed by atoms with Gasteiger partial charge in [0.15, 0.2) is 0 Å². The molecule has 1 aliphatic rings. The molecule has 0 spiro atoms. The Kier molecular flexibility index (Phi) is 6.60. The molecule has 1 heterocycles. The van der Waals surface area contributed by atoms with Crippen LogP contribution in [0.15, 0.2) is 54.6 Å². The fraction of sp³-hybridized carbons (Fsp3) is 0.455. The van der Waals surface area contributed by atoms with Crippen LogP contribution in [0.1, 0.15) is 42.9 Å². The number of benzene rings is 2. The van der Waals surface area contributed by atoms with E-state index in [0.717, 1.165) is 44.0 Å². The van der Waals surface area contributed by atoms with E-state index < -0.39 is 6.10 Å². The van der Waals surface area contributed by atoms with Crippen molar-refractivity contribution in [2.75, 3.05) is 19.6 Å². The van der Waals surface area contributed by atoms with Gasteiger partial charge in [0.1, 0.15) is 5.82 Å². The number of piperidine rings is 1. The van der Waals surface area contributed by atoms with Crippen LogP contribution in [0.25, 0.3) is 0 Å². The summed E-state index contributed by atoms with van der Waals surface area (Å²) in [6, 6.07) is 16.9. The first kappa shape index (κ1) is 18.1. The van der Waals surface area contributed by atoms with Gasteiger partial charge in [0.25, 0.3) is 0 Å². The van der Waals surface area contributed by atoms with Crippen LogP contribution in [0.3, 0.4) is 0 Å². The number of rotatable bonds is 7. The molecule has 1 N–H and O–H groups in total. The van der Waals surface area contributed by atoms with Gasteiger partial charge in [0, 0.05) is 0 Å². The maximum absolute atomic E-state index is 12.9. The van der Waals surface area contributed by atoms with Crippen LogP contribution in [0.2, 0.25) is 0 Å². The van der Waals surface area contributed by atoms with Crippen LogP contribution in [0, 0.1) is 11.7 Å². The molecule has 0 bridgehead atoms. The molecule has 0 amide bonds. The second-order valence-electron chi connectivity index (χ2n) is 7.18. The van der Waals surface area contributed by atoms with Crippen molar-refractivity contribution in [2.45, 2.75) is 38.2 Å². The van der Waals surface area contributed by atoms with Gasteiger partial charge >= 0.3 is 0 Å². The standard InChI is InChI=1S/C22H28FNO/c23-21-10-8-20(9-11-21)22(25)7-4-14-24-15-12-19(13-16-24)17-18-5-2-1-3-6-18/h1-3,5-6,8-11,19,22,25H,4,7,12-17H2. The Bertz CT molecular complexity index is 620. The molecule has 1 atom stereocenters. The number of nitrogens with zero attached hydrogens (tertiary/aromatic N) is 1. The summed E-state index contributed by atoms with van der Waals surface area (Å²) in [6.45, 7) is 3.35. The molecule has 3 heteroatoms. The molecule has 134 valence electrons. The minimum absolute atomic E-state index is 0.255. The molecule has 2 aromatic rings. The summed E-state index contributed by atoms with van der Waals surface area (Å²) in [5, 5.41) is 10.2. The highest BCUT2D eigenvalue weighted by molar-refractivity contribution is 5.18. The summed E-state index contributed by atoms with van der Waals surface area (Å²) < 4.78 is 12.9. The van der Waals surface area contributed by atoms with E-state index in [-0.39, 0.29) is 5.82 Å². The molecule has 1 aliphatic heterocycles. The quantitative estimate of drug-likeness (QED) is 0.796. The number of aliphatic hydroxyl groups excluding tert-OH is 1. The van der Waals surface area contributed by atoms with Gasteiger partial charge in [-0.1, -0.05) is 42.5 Å². The summed E-state index contributed by atoms with van der Waals surface area (Å²) in [5.41, 5.74) is 2.26. The van der Waals surface area contributed by atoms with Crippen molar-refractivity contribution in [3.8, 4) is 0 Å². The average Bonchev–Trinajstić information content (AvgIpc) is 2.64. The van der Waals surface area contributed by atoms with E-state index >= 15 is 0 Å². The van der Waals surface area contributed by atoms with Gasteiger partial charge in [-0.15, -0.1) is 0 Å². The lowest BCUT2D eigenvalue weighted by molar-refractivity contribution is 0.142. The Morgan fingerprint density at radius 2 is 1.68 bits per heavy atom. The fourth-order valence-corrected chi connectivity index (χ4v) is 3.72. The van der Waals surface area contributed by atoms with Gasteiger partial charge in [-0.05, 0) is 80.9 Å². The second kappa shape index (κ2) is 9.12. The maximum Gasteiger partial charge on any atom is 0.123 e. The highest BCUT2D eigenvalue weighted by Gasteiger charge is 2.19. The van der Waals surface area contributed by atoms with Crippen molar-refractivity contribution in [2.24, 2.45) is 5.92 Å². The van der Waals surface area contributed by atoms with Crippen LogP contribution in [0.5, 0.6) is 0 Å². The monoisotopic (exact) mass is 341 g/mol. The van der Waals surface area contributed by atoms with E-state index in [0.29, 0.717) is 0 Å². The zero-order chi connectivity index (χ0) is 17.5. The summed E-state index contributed by atoms with van der Waals surface area (Å²) >= 11 is 0. The van der Waals surface area contributed by atoms with Crippen LogP contribution in [0.4, 0.5) is 4.39 Å². The third kappa shape index (κ3) is 5.65. The van der Waals surface area contributed by atoms with Crippen LogP contribution < -0.4 is 0 Å². The summed E-state index contributed by atoms with van der Waals surface area (Å²) in [4.78, 5) is 2.51. The first-order valence-electron chi connectivity index (χ1n) is 9.40. The van der Waals surface area contributed by atoms with Gasteiger partial charge in [-0.3, -0.25) is 0 Å². The zero-order valence-electron chi connectivity index (χ0n) is 14.8. The zero-order valence-corrected chi connectivity index (χ0v) is 14.8. The molecule has 0 radical (unpaired) electrons. The third-order valence-corrected chi connectivity index (χ3v) is 5.28. The Balaban J connectivity index is 1.34. The Morgan fingerprint density at radius 1 is 1.00 bits per heavy atom. The van der Waals surface area contributed by atoms with E-state index in [9.17, 15) is 9.50 Å². The number of halogens is 1. The van der Waals surface area contributed by atoms with Crippen LogP contribution in [-0.4, -0.2) is 29.6 Å². The minimum atomic E-state index is -0.490. The fourth-order valence-electron chi connectivity index (χ4n) is 3.72. The van der Waals surface area contributed by atoms with Crippen molar-refractivity contribution in [1.29, 1.82) is 0 Å². The highest BCUT2D eigenvalue weighted by atomic mass is 19.1. The van der Waals surface area contributed by atoms with E-state index in [1.54, 1.807) is 12.1 Å². The molecule has 1 fully saturated rings. The van der Waals surface area contributed by atoms with Gasteiger partial charge in [0.05, 0.1) is 6.10 Å². The lowest BCUT2D eigenvalue weighted by Crippen LogP contribution is -2.35. The predicted octanol–water partition coefficient (Wildman–Crippen LogP) is 4.59. The summed E-state index contributed by atoms with van der Waals surface area (Å²) in [5.74, 6) is 0.540. The Labute approximate surface area is 150 Å². The molecule has 0 saturated carbocycles. The number of likely N-dealkylation sites (tertiary alicyclic amines) is 1. The summed E-state index contributed by atoms with van der Waals surface area (Å²) in [6.07, 6.45) is 4.93. The molecular weight excluding hydrogens is 313 g/mol. The SMILES string of the molecule is OC(CCCN1CCC(Cc2ccccc2)CC1)c1ccc(F)cc1. The number of hydrogen-bond acceptors (Lipinski definition) is 2. The van der Waals surface area contributed by atoms with Crippen LogP contribution >= 0.6 is 0 Å². The van der Waals surface area contributed by atoms with E-state index in [1.807, 2.05) is 0 Å². The van der Waals surface area contributed by atoms with E-state index in [4.69, 9.17) is 0 Å². The lowest BCUT2D eigenvalue weighted by Gasteiger charge is -2.32. The number of aliphatic hydroxyl groups is 1. The van der Waals surface area contributed by atoms with Crippen molar-refractivity contribution < 1.29 is 9.50 Å². The first-order chi connectivity index (χ1) is 12.2. The maximum atomic E-state index is 12.9. The van der Waals surface area contributed by atoms with Crippen LogP contribution in [-0.2, 0) is 6.42 Å². The van der Waals surface area contributed by atoms with Crippen molar-refractivity contribution in [3.63, 3.8) is 0 Å². The largest absolute Gasteiger partial charge is 0.388 e. The third-order valence-electron chi connectivity index (χ3n) is 5.28. The molecule has 2 nitrogen and oxygen atoms in total. The molecule has 2 aromatic carbocycles. The normalized spacial score (nSPS) is 17.5. The summed E-state index contributed by atoms with van der Waals surface area (Å²) in [7, 11) is 0. The van der Waals surface area contributed by atoms with Gasteiger partial charge in [-0.25, -0.2) is 4.39 Å². The molecule has 1 unspecified atom stereocenters. The van der Waals surface area contributed by atoms with Gasteiger partial charge < -0.3 is 10.0 Å². The van der Waals surface area contributed by atoms with Crippen molar-refractivity contribution >= 4 is 0 Å². The minimum Gasteiger partial charge on any atom is -0.388 e. The molecule has 0 aromatic heterocycles. The predicted molar refractivity (Wildman–Crippen MR) is 99.9 cm³/mol. The molecule has 3 rings (SSSR count). The smallest absolute Gasteiger partial charge is 0.123 e. The second-order valence-corrected chi connectivity index (χ2v) is 7.18. The molecule has 1 saturated heterocycles. The molecule has 0 aliphatic carbocycles.